The van der Waals surface area contributed by atoms with Crippen molar-refractivity contribution >= 4 is 6.09 Å². The minimum atomic E-state index is -0.261. The molecule has 1 unspecified atom stereocenters. The van der Waals surface area contributed by atoms with Gasteiger partial charge in [-0.05, 0) is 43.0 Å². The summed E-state index contributed by atoms with van der Waals surface area (Å²) in [6.45, 7) is 4.51. The Hall–Kier alpha value is -1.59. The first kappa shape index (κ1) is 15.8. The fourth-order valence-corrected chi connectivity index (χ4v) is 2.70. The van der Waals surface area contributed by atoms with E-state index in [1.807, 2.05) is 6.92 Å². The fraction of sp³-hybridized carbons (Fsp3) is 0.562. The Morgan fingerprint density at radius 2 is 2.29 bits per heavy atom. The maximum absolute atomic E-state index is 11.7. The molecule has 0 spiro atoms. The van der Waals surface area contributed by atoms with Crippen LogP contribution in [0, 0.1) is 0 Å². The average Bonchev–Trinajstić information content (AvgIpc) is 2.50. The molecule has 1 aliphatic rings. The van der Waals surface area contributed by atoms with Gasteiger partial charge in [-0.3, -0.25) is 0 Å². The van der Waals surface area contributed by atoms with Gasteiger partial charge >= 0.3 is 6.09 Å². The normalized spacial score (nSPS) is 17.5. The van der Waals surface area contributed by atoms with E-state index in [9.17, 15) is 4.79 Å². The lowest BCUT2D eigenvalue weighted by Gasteiger charge is -2.34. The van der Waals surface area contributed by atoms with E-state index in [1.165, 1.54) is 23.8 Å². The lowest BCUT2D eigenvalue weighted by Crippen LogP contribution is -2.42. The fourth-order valence-electron chi connectivity index (χ4n) is 2.70. The Balaban J connectivity index is 2.02. The van der Waals surface area contributed by atoms with E-state index in [2.05, 4.69) is 23.5 Å². The topological polar surface area (TPSA) is 61.8 Å². The van der Waals surface area contributed by atoms with Gasteiger partial charge in [0.05, 0.1) is 7.11 Å². The number of rotatable bonds is 5. The van der Waals surface area contributed by atoms with E-state index in [4.69, 9.17) is 9.84 Å². The van der Waals surface area contributed by atoms with Crippen LogP contribution in [0.1, 0.15) is 30.0 Å². The summed E-state index contributed by atoms with van der Waals surface area (Å²) >= 11 is 0. The number of benzene rings is 1. The van der Waals surface area contributed by atoms with Crippen LogP contribution in [0.2, 0.25) is 0 Å². The van der Waals surface area contributed by atoms with E-state index >= 15 is 0 Å². The van der Waals surface area contributed by atoms with Crippen molar-refractivity contribution < 1.29 is 14.6 Å². The Morgan fingerprint density at radius 1 is 1.48 bits per heavy atom. The molecular weight excluding hydrogens is 268 g/mol. The largest absolute Gasteiger partial charge is 0.453 e. The molecule has 0 bridgehead atoms. The average molecular weight is 292 g/mol. The molecule has 0 radical (unpaired) electrons. The van der Waals surface area contributed by atoms with Crippen LogP contribution >= 0.6 is 0 Å². The van der Waals surface area contributed by atoms with E-state index in [0.29, 0.717) is 6.54 Å². The summed E-state index contributed by atoms with van der Waals surface area (Å²) in [5.74, 6) is 0. The van der Waals surface area contributed by atoms with Crippen molar-refractivity contribution in [1.29, 1.82) is 0 Å². The quantitative estimate of drug-likeness (QED) is 0.811. The van der Waals surface area contributed by atoms with Crippen LogP contribution in [0.25, 0.3) is 0 Å². The van der Waals surface area contributed by atoms with Gasteiger partial charge in [-0.1, -0.05) is 18.2 Å². The minimum absolute atomic E-state index is 0.155. The molecule has 5 heteroatoms. The smallest absolute Gasteiger partial charge is 0.410 e. The third-order valence-electron chi connectivity index (χ3n) is 3.91. The van der Waals surface area contributed by atoms with Crippen LogP contribution in [0.3, 0.4) is 0 Å². The van der Waals surface area contributed by atoms with Gasteiger partial charge in [0.25, 0.3) is 0 Å². The van der Waals surface area contributed by atoms with E-state index < -0.39 is 0 Å². The maximum Gasteiger partial charge on any atom is 0.410 e. The third-order valence-corrected chi connectivity index (χ3v) is 3.91. The predicted molar refractivity (Wildman–Crippen MR) is 81.0 cm³/mol. The number of methoxy groups -OCH3 is 1. The number of ether oxygens (including phenoxy) is 1. The van der Waals surface area contributed by atoms with Crippen LogP contribution in [0.15, 0.2) is 18.2 Å². The molecule has 0 saturated carbocycles. The molecule has 1 atom stereocenters. The molecule has 5 nitrogen and oxygen atoms in total. The molecule has 116 valence electrons. The Morgan fingerprint density at radius 3 is 3.00 bits per heavy atom. The molecule has 1 aromatic carbocycles. The Bertz CT molecular complexity index is 490. The van der Waals surface area contributed by atoms with Crippen LogP contribution < -0.4 is 5.32 Å². The summed E-state index contributed by atoms with van der Waals surface area (Å²) in [6, 6.07) is 6.56. The number of carbonyl (C=O) groups excluding carboxylic acids is 1. The van der Waals surface area contributed by atoms with E-state index in [1.54, 1.807) is 4.90 Å². The summed E-state index contributed by atoms with van der Waals surface area (Å²) < 4.78 is 4.83. The molecule has 0 aliphatic carbocycles. The second kappa shape index (κ2) is 7.43. The molecule has 0 saturated heterocycles. The number of hydrogen-bond donors (Lipinski definition) is 2. The van der Waals surface area contributed by atoms with Crippen LogP contribution in [-0.2, 0) is 24.2 Å². The highest BCUT2D eigenvalue weighted by Crippen LogP contribution is 2.24. The zero-order valence-corrected chi connectivity index (χ0v) is 12.8. The van der Waals surface area contributed by atoms with Gasteiger partial charge in [0.2, 0.25) is 0 Å². The van der Waals surface area contributed by atoms with Crippen molar-refractivity contribution in [2.24, 2.45) is 0 Å². The highest BCUT2D eigenvalue weighted by atomic mass is 16.5. The van der Waals surface area contributed by atoms with Crippen molar-refractivity contribution in [3.8, 4) is 0 Å². The lowest BCUT2D eigenvalue weighted by molar-refractivity contribution is 0.100. The number of aliphatic hydroxyl groups is 1. The number of carbonyl (C=O) groups is 1. The van der Waals surface area contributed by atoms with Gasteiger partial charge in [0.15, 0.2) is 0 Å². The second-order valence-electron chi connectivity index (χ2n) is 5.51. The first-order valence-electron chi connectivity index (χ1n) is 7.42. The summed E-state index contributed by atoms with van der Waals surface area (Å²) in [5.41, 5.74) is 3.74. The molecular formula is C16H24N2O3. The van der Waals surface area contributed by atoms with Crippen molar-refractivity contribution in [2.75, 3.05) is 20.3 Å². The number of aliphatic hydroxyl groups excluding tert-OH is 1. The number of nitrogens with zero attached hydrogens (tertiary/aromatic N) is 1. The van der Waals surface area contributed by atoms with Crippen molar-refractivity contribution in [2.45, 2.75) is 38.9 Å². The lowest BCUT2D eigenvalue weighted by atomic mass is 9.93. The number of nitrogens with one attached hydrogen (secondary N) is 1. The summed E-state index contributed by atoms with van der Waals surface area (Å²) in [7, 11) is 1.42. The highest BCUT2D eigenvalue weighted by Gasteiger charge is 2.27. The Labute approximate surface area is 125 Å². The first-order valence-corrected chi connectivity index (χ1v) is 7.42. The number of fused-ring (bicyclic) bond motifs is 1. The summed E-state index contributed by atoms with van der Waals surface area (Å²) in [4.78, 5) is 13.5. The van der Waals surface area contributed by atoms with Gasteiger partial charge in [0.1, 0.15) is 0 Å². The van der Waals surface area contributed by atoms with Crippen molar-refractivity contribution in [3.63, 3.8) is 0 Å². The zero-order chi connectivity index (χ0) is 15.2. The SMILES string of the molecule is COC(=O)N1Cc2ccc(CNCCCO)cc2CC1C. The first-order chi connectivity index (χ1) is 10.2. The molecule has 1 aliphatic heterocycles. The van der Waals surface area contributed by atoms with Crippen LogP contribution in [-0.4, -0.2) is 42.4 Å². The summed E-state index contributed by atoms with van der Waals surface area (Å²) in [6.07, 6.45) is 1.37. The zero-order valence-electron chi connectivity index (χ0n) is 12.8. The van der Waals surface area contributed by atoms with Gasteiger partial charge in [-0.25, -0.2) is 4.79 Å². The molecule has 1 aromatic rings. The molecule has 0 aromatic heterocycles. The maximum atomic E-state index is 11.7. The second-order valence-corrected chi connectivity index (χ2v) is 5.51. The van der Waals surface area contributed by atoms with Crippen LogP contribution in [0.4, 0.5) is 4.79 Å². The molecule has 0 fully saturated rings. The summed E-state index contributed by atoms with van der Waals surface area (Å²) in [5, 5.41) is 12.1. The highest BCUT2D eigenvalue weighted by molar-refractivity contribution is 5.68. The van der Waals surface area contributed by atoms with Gasteiger partial charge in [-0.15, -0.1) is 0 Å². The third kappa shape index (κ3) is 3.95. The number of hydrogen-bond acceptors (Lipinski definition) is 4. The monoisotopic (exact) mass is 292 g/mol. The molecule has 1 heterocycles. The molecule has 1 amide bonds. The van der Waals surface area contributed by atoms with Gasteiger partial charge in [0, 0.05) is 25.7 Å². The van der Waals surface area contributed by atoms with Gasteiger partial charge < -0.3 is 20.1 Å². The van der Waals surface area contributed by atoms with Crippen molar-refractivity contribution in [3.05, 3.63) is 34.9 Å². The standard InChI is InChI=1S/C16H24N2O3/c1-12-8-15-9-13(10-17-6-3-7-19)4-5-14(15)11-18(12)16(20)21-2/h4-5,9,12,17,19H,3,6-8,10-11H2,1-2H3. The van der Waals surface area contributed by atoms with E-state index in [-0.39, 0.29) is 18.7 Å². The predicted octanol–water partition coefficient (Wildman–Crippen LogP) is 1.67. The van der Waals surface area contributed by atoms with Crippen molar-refractivity contribution in [1.82, 2.24) is 10.2 Å². The Kier molecular flexibility index (Phi) is 5.59. The minimum Gasteiger partial charge on any atom is -0.453 e. The van der Waals surface area contributed by atoms with Gasteiger partial charge in [-0.2, -0.15) is 0 Å². The van der Waals surface area contributed by atoms with E-state index in [0.717, 1.165) is 25.9 Å². The van der Waals surface area contributed by atoms with Crippen LogP contribution in [0.5, 0.6) is 0 Å². The molecule has 2 N–H and O–H groups in total. The number of amides is 1. The molecule has 21 heavy (non-hydrogen) atoms. The molecule has 2 rings (SSSR count).